The minimum absolute atomic E-state index is 0.854. The van der Waals surface area contributed by atoms with Crippen LogP contribution in [0.5, 0.6) is 0 Å². The molecule has 0 spiro atoms. The van der Waals surface area contributed by atoms with Gasteiger partial charge in [0.1, 0.15) is 27.9 Å². The molecule has 0 N–H and O–H groups in total. The molecule has 12 aromatic rings. The molecule has 3 heteroatoms. The lowest BCUT2D eigenvalue weighted by Gasteiger charge is -2.19. The van der Waals surface area contributed by atoms with E-state index in [0.717, 1.165) is 77.1 Å². The van der Waals surface area contributed by atoms with Crippen molar-refractivity contribution < 1.29 is 13.3 Å². The van der Waals surface area contributed by atoms with Gasteiger partial charge in [-0.3, -0.25) is 0 Å². The van der Waals surface area contributed by atoms with Crippen molar-refractivity contribution in [1.29, 1.82) is 0 Å². The molecule has 0 aliphatic carbocycles. The smallest absolute Gasteiger partial charge is 0.143 e. The number of hydrogen-bond acceptors (Lipinski definition) is 3. The Labute approximate surface area is 302 Å². The van der Waals surface area contributed by atoms with Crippen LogP contribution in [0.15, 0.2) is 183 Å². The molecule has 0 saturated carbocycles. The highest BCUT2D eigenvalue weighted by Crippen LogP contribution is 2.49. The molecule has 0 saturated heterocycles. The monoisotopic (exact) mass is 676 g/mol. The highest BCUT2D eigenvalue weighted by molar-refractivity contribution is 6.29. The Balaban J connectivity index is 1.18. The van der Waals surface area contributed by atoms with E-state index in [-0.39, 0.29) is 0 Å². The SMILES string of the molecule is c1ccc2c(-c3cccc4ccoc34)cc(-c3c4ccccc4c(-c4cccc5c4oc4ccc6oc7ccccc7c6c45)c4ccccc34)cc2c1. The van der Waals surface area contributed by atoms with Crippen LogP contribution in [-0.4, -0.2) is 0 Å². The largest absolute Gasteiger partial charge is 0.464 e. The van der Waals surface area contributed by atoms with E-state index >= 15 is 0 Å². The molecule has 0 atom stereocenters. The van der Waals surface area contributed by atoms with E-state index in [4.69, 9.17) is 13.3 Å². The van der Waals surface area contributed by atoms with Gasteiger partial charge in [-0.15, -0.1) is 0 Å². The molecule has 3 nitrogen and oxygen atoms in total. The zero-order valence-electron chi connectivity index (χ0n) is 28.4. The Morgan fingerprint density at radius 3 is 1.70 bits per heavy atom. The van der Waals surface area contributed by atoms with Gasteiger partial charge < -0.3 is 13.3 Å². The molecule has 0 aliphatic rings. The van der Waals surface area contributed by atoms with Crippen LogP contribution in [0, 0.1) is 0 Å². The van der Waals surface area contributed by atoms with Crippen molar-refractivity contribution in [2.45, 2.75) is 0 Å². The molecule has 0 aliphatic heterocycles. The summed E-state index contributed by atoms with van der Waals surface area (Å²) in [4.78, 5) is 0. The average Bonchev–Trinajstić information content (AvgIpc) is 3.95. The Kier molecular flexibility index (Phi) is 5.77. The maximum Gasteiger partial charge on any atom is 0.143 e. The van der Waals surface area contributed by atoms with E-state index in [2.05, 4.69) is 133 Å². The molecule has 12 rings (SSSR count). The fraction of sp³-hybridized carbons (Fsp3) is 0. The van der Waals surface area contributed by atoms with Gasteiger partial charge in [-0.2, -0.15) is 0 Å². The third-order valence-corrected chi connectivity index (χ3v) is 11.1. The van der Waals surface area contributed by atoms with Crippen LogP contribution in [0.25, 0.3) is 121 Å². The van der Waals surface area contributed by atoms with E-state index in [1.54, 1.807) is 6.26 Å². The molecule has 0 amide bonds. The number of furan rings is 3. The molecule has 0 radical (unpaired) electrons. The summed E-state index contributed by atoms with van der Waals surface area (Å²) < 4.78 is 19.3. The van der Waals surface area contributed by atoms with Gasteiger partial charge in [0.25, 0.3) is 0 Å². The maximum absolute atomic E-state index is 6.87. The van der Waals surface area contributed by atoms with Crippen molar-refractivity contribution in [1.82, 2.24) is 0 Å². The number of hydrogen-bond donors (Lipinski definition) is 0. The molecule has 3 aromatic heterocycles. The van der Waals surface area contributed by atoms with Gasteiger partial charge in [-0.25, -0.2) is 0 Å². The summed E-state index contributed by atoms with van der Waals surface area (Å²) in [6.07, 6.45) is 1.78. The first-order valence-corrected chi connectivity index (χ1v) is 18.0. The second kappa shape index (κ2) is 10.7. The molecule has 3 heterocycles. The predicted octanol–water partition coefficient (Wildman–Crippen LogP) is 14.7. The maximum atomic E-state index is 6.87. The normalized spacial score (nSPS) is 12.2. The molecule has 0 bridgehead atoms. The Morgan fingerprint density at radius 1 is 0.321 bits per heavy atom. The van der Waals surface area contributed by atoms with Crippen molar-refractivity contribution in [2.24, 2.45) is 0 Å². The Morgan fingerprint density at radius 2 is 0.906 bits per heavy atom. The summed E-state index contributed by atoms with van der Waals surface area (Å²) in [5, 5.41) is 12.6. The topological polar surface area (TPSA) is 39.4 Å². The molecule has 0 fully saturated rings. The highest BCUT2D eigenvalue weighted by Gasteiger charge is 2.23. The first-order valence-electron chi connectivity index (χ1n) is 18.0. The van der Waals surface area contributed by atoms with Crippen LogP contribution < -0.4 is 0 Å². The summed E-state index contributed by atoms with van der Waals surface area (Å²) >= 11 is 0. The number of para-hydroxylation sites is 3. The second-order valence-electron chi connectivity index (χ2n) is 13.9. The second-order valence-corrected chi connectivity index (χ2v) is 13.9. The standard InChI is InChI=1S/C50H28O3/c1-2-13-32-30(11-1)27-31(28-41(32)37-19-9-12-29-25-26-51-49(29)37)45-33-14-3-5-16-35(33)46(36-17-6-4-15-34(36)45)39-20-10-21-40-48-44(53-50(39)40)24-23-43-47(48)38-18-7-8-22-42(38)52-43/h1-28H. The predicted molar refractivity (Wildman–Crippen MR) is 220 cm³/mol. The summed E-state index contributed by atoms with van der Waals surface area (Å²) in [6.45, 7) is 0. The lowest BCUT2D eigenvalue weighted by atomic mass is 9.84. The van der Waals surface area contributed by atoms with Crippen LogP contribution >= 0.6 is 0 Å². The molecule has 53 heavy (non-hydrogen) atoms. The number of fused-ring (bicyclic) bond motifs is 11. The van der Waals surface area contributed by atoms with Crippen LogP contribution in [0.4, 0.5) is 0 Å². The van der Waals surface area contributed by atoms with Gasteiger partial charge in [0.2, 0.25) is 0 Å². The minimum Gasteiger partial charge on any atom is -0.464 e. The van der Waals surface area contributed by atoms with Gasteiger partial charge in [0, 0.05) is 43.6 Å². The summed E-state index contributed by atoms with van der Waals surface area (Å²) in [7, 11) is 0. The van der Waals surface area contributed by atoms with Crippen molar-refractivity contribution in [3.05, 3.63) is 170 Å². The molecule has 0 unspecified atom stereocenters. The van der Waals surface area contributed by atoms with Crippen molar-refractivity contribution >= 4 is 87.2 Å². The van der Waals surface area contributed by atoms with Gasteiger partial charge in [0.15, 0.2) is 0 Å². The molecule has 9 aromatic carbocycles. The van der Waals surface area contributed by atoms with Gasteiger partial charge in [0.05, 0.1) is 6.26 Å². The van der Waals surface area contributed by atoms with E-state index < -0.39 is 0 Å². The third kappa shape index (κ3) is 3.99. The fourth-order valence-electron chi connectivity index (χ4n) is 8.91. The van der Waals surface area contributed by atoms with Crippen molar-refractivity contribution in [3.8, 4) is 33.4 Å². The lowest BCUT2D eigenvalue weighted by molar-refractivity contribution is 0.617. The van der Waals surface area contributed by atoms with Crippen LogP contribution in [0.2, 0.25) is 0 Å². The van der Waals surface area contributed by atoms with Gasteiger partial charge in [-0.05, 0) is 85.4 Å². The van der Waals surface area contributed by atoms with Crippen LogP contribution in [0.3, 0.4) is 0 Å². The Bertz CT molecular complexity index is 3410. The highest BCUT2D eigenvalue weighted by atomic mass is 16.3. The van der Waals surface area contributed by atoms with Gasteiger partial charge in [-0.1, -0.05) is 127 Å². The van der Waals surface area contributed by atoms with E-state index in [1.165, 1.54) is 43.4 Å². The summed E-state index contributed by atoms with van der Waals surface area (Å²) in [6, 6.07) is 58.3. The lowest BCUT2D eigenvalue weighted by Crippen LogP contribution is -1.92. The molecular weight excluding hydrogens is 649 g/mol. The zero-order chi connectivity index (χ0) is 34.6. The number of benzene rings is 9. The van der Waals surface area contributed by atoms with Crippen molar-refractivity contribution in [2.75, 3.05) is 0 Å². The Hall–Kier alpha value is -7.10. The van der Waals surface area contributed by atoms with Crippen molar-refractivity contribution in [3.63, 3.8) is 0 Å². The summed E-state index contributed by atoms with van der Waals surface area (Å²) in [5.74, 6) is 0. The van der Waals surface area contributed by atoms with E-state index in [9.17, 15) is 0 Å². The zero-order valence-corrected chi connectivity index (χ0v) is 28.4. The van der Waals surface area contributed by atoms with Gasteiger partial charge >= 0.3 is 0 Å². The van der Waals surface area contributed by atoms with E-state index in [0.29, 0.717) is 0 Å². The summed E-state index contributed by atoms with van der Waals surface area (Å²) in [5.41, 5.74) is 11.2. The molecular formula is C50H28O3. The first kappa shape index (κ1) is 28.6. The minimum atomic E-state index is 0.854. The first-order chi connectivity index (χ1) is 26.3. The quantitative estimate of drug-likeness (QED) is 0.175. The third-order valence-electron chi connectivity index (χ3n) is 11.1. The average molecular weight is 677 g/mol. The number of rotatable bonds is 3. The van der Waals surface area contributed by atoms with E-state index in [1.807, 2.05) is 30.3 Å². The fourth-order valence-corrected chi connectivity index (χ4v) is 8.91. The van der Waals surface area contributed by atoms with Crippen LogP contribution in [0.1, 0.15) is 0 Å². The molecule has 246 valence electrons. The van der Waals surface area contributed by atoms with Crippen LogP contribution in [-0.2, 0) is 0 Å².